The van der Waals surface area contributed by atoms with E-state index < -0.39 is 20.0 Å². The maximum atomic E-state index is 12.1. The number of nitrogens with one attached hydrogen (secondary N) is 3. The molecule has 0 radical (unpaired) electrons. The van der Waals surface area contributed by atoms with Crippen molar-refractivity contribution < 1.29 is 16.8 Å². The zero-order chi connectivity index (χ0) is 24.1. The quantitative estimate of drug-likeness (QED) is 0.551. The van der Waals surface area contributed by atoms with E-state index in [1.807, 2.05) is 13.0 Å². The summed E-state index contributed by atoms with van der Waals surface area (Å²) in [6.07, 6.45) is 3.13. The summed E-state index contributed by atoms with van der Waals surface area (Å²) >= 11 is 0. The number of anilines is 1. The van der Waals surface area contributed by atoms with E-state index in [1.54, 1.807) is 24.3 Å². The summed E-state index contributed by atoms with van der Waals surface area (Å²) < 4.78 is 53.1. The highest BCUT2D eigenvalue weighted by Gasteiger charge is 2.15. The molecule has 3 N–H and O–H groups in total. The first-order valence-electron chi connectivity index (χ1n) is 10.3. The van der Waals surface area contributed by atoms with E-state index in [0.717, 1.165) is 12.0 Å². The second-order valence-electron chi connectivity index (χ2n) is 7.26. The summed E-state index contributed by atoms with van der Waals surface area (Å²) in [4.78, 5) is 9.58. The highest BCUT2D eigenvalue weighted by Crippen LogP contribution is 2.21. The van der Waals surface area contributed by atoms with Gasteiger partial charge in [0.15, 0.2) is 0 Å². The lowest BCUT2D eigenvalue weighted by atomic mass is 10.1. The van der Waals surface area contributed by atoms with E-state index in [-0.39, 0.29) is 9.79 Å². The molecule has 0 saturated heterocycles. The van der Waals surface area contributed by atoms with Crippen LogP contribution in [-0.4, -0.2) is 49.0 Å². The van der Waals surface area contributed by atoms with Gasteiger partial charge in [0.05, 0.1) is 22.0 Å². The standard InChI is InChI=1S/C22H27N5O4S2/c1-4-16-11-19(26-17-7-5-9-20(12-17)32(28,29)23-2)14-22(25-15-16)27-18-8-6-10-21(13-18)33(30,31)24-3/h5-13,23-24H,4,14-15H2,1-3H3,(H,25,27). The van der Waals surface area contributed by atoms with Crippen molar-refractivity contribution >= 4 is 43.0 Å². The number of hydrogen-bond acceptors (Lipinski definition) is 7. The topological polar surface area (TPSA) is 129 Å². The molecule has 0 bridgehead atoms. The molecule has 0 aliphatic carbocycles. The van der Waals surface area contributed by atoms with Crippen LogP contribution in [0.4, 0.5) is 11.4 Å². The highest BCUT2D eigenvalue weighted by molar-refractivity contribution is 7.89. The summed E-state index contributed by atoms with van der Waals surface area (Å²) in [5.74, 6) is 0.631. The molecule has 3 rings (SSSR count). The van der Waals surface area contributed by atoms with Crippen molar-refractivity contribution in [3.8, 4) is 0 Å². The van der Waals surface area contributed by atoms with E-state index in [9.17, 15) is 16.8 Å². The Labute approximate surface area is 194 Å². The lowest BCUT2D eigenvalue weighted by Gasteiger charge is -2.11. The monoisotopic (exact) mass is 489 g/mol. The highest BCUT2D eigenvalue weighted by atomic mass is 32.2. The molecule has 11 heteroatoms. The molecule has 1 aliphatic rings. The Morgan fingerprint density at radius 1 is 0.939 bits per heavy atom. The second-order valence-corrected chi connectivity index (χ2v) is 11.0. The number of amidine groups is 1. The molecule has 0 fully saturated rings. The van der Waals surface area contributed by atoms with Gasteiger partial charge in [-0.15, -0.1) is 0 Å². The third-order valence-electron chi connectivity index (χ3n) is 5.02. The predicted molar refractivity (Wildman–Crippen MR) is 131 cm³/mol. The summed E-state index contributed by atoms with van der Waals surface area (Å²) in [5.41, 5.74) is 2.90. The zero-order valence-corrected chi connectivity index (χ0v) is 20.3. The normalized spacial score (nSPS) is 16.2. The van der Waals surface area contributed by atoms with Gasteiger partial charge in [0, 0.05) is 17.8 Å². The van der Waals surface area contributed by atoms with Crippen LogP contribution in [0.25, 0.3) is 0 Å². The molecule has 2 aromatic rings. The van der Waals surface area contributed by atoms with Gasteiger partial charge in [-0.05, 0) is 68.6 Å². The number of nitrogens with zero attached hydrogens (tertiary/aromatic N) is 2. The number of aliphatic imine (C=N–C) groups is 2. The summed E-state index contributed by atoms with van der Waals surface area (Å²) in [6.45, 7) is 2.52. The number of allylic oxidation sites excluding steroid dienone is 1. The van der Waals surface area contributed by atoms with Crippen molar-refractivity contribution in [1.82, 2.24) is 9.44 Å². The van der Waals surface area contributed by atoms with E-state index in [4.69, 9.17) is 0 Å². The third-order valence-corrected chi connectivity index (χ3v) is 7.84. The van der Waals surface area contributed by atoms with Crippen molar-refractivity contribution in [2.75, 3.05) is 26.0 Å². The van der Waals surface area contributed by atoms with Gasteiger partial charge in [-0.1, -0.05) is 19.1 Å². The van der Waals surface area contributed by atoms with Gasteiger partial charge in [0.25, 0.3) is 0 Å². The molecule has 1 heterocycles. The molecule has 0 saturated carbocycles. The number of rotatable bonds is 7. The van der Waals surface area contributed by atoms with Crippen LogP contribution in [0.1, 0.15) is 19.8 Å². The van der Waals surface area contributed by atoms with Crippen molar-refractivity contribution in [3.63, 3.8) is 0 Å². The summed E-state index contributed by atoms with van der Waals surface area (Å²) in [6, 6.07) is 12.9. The van der Waals surface area contributed by atoms with E-state index in [1.165, 1.54) is 38.4 Å². The zero-order valence-electron chi connectivity index (χ0n) is 18.7. The molecule has 33 heavy (non-hydrogen) atoms. The van der Waals surface area contributed by atoms with Gasteiger partial charge >= 0.3 is 0 Å². The molecular formula is C22H27N5O4S2. The molecule has 1 aliphatic heterocycles. The fourth-order valence-electron chi connectivity index (χ4n) is 3.16. The van der Waals surface area contributed by atoms with Crippen LogP contribution in [0.15, 0.2) is 80.0 Å². The van der Waals surface area contributed by atoms with E-state index >= 15 is 0 Å². The van der Waals surface area contributed by atoms with Crippen LogP contribution in [0, 0.1) is 0 Å². The number of sulfonamides is 2. The van der Waals surface area contributed by atoms with Crippen LogP contribution in [0.2, 0.25) is 0 Å². The number of hydrogen-bond donors (Lipinski definition) is 3. The first-order valence-corrected chi connectivity index (χ1v) is 13.3. The van der Waals surface area contributed by atoms with Crippen molar-refractivity contribution in [2.45, 2.75) is 29.6 Å². The Balaban J connectivity index is 1.91. The Morgan fingerprint density at radius 2 is 1.58 bits per heavy atom. The van der Waals surface area contributed by atoms with Gasteiger partial charge in [-0.25, -0.2) is 26.3 Å². The van der Waals surface area contributed by atoms with Gasteiger partial charge in [0.1, 0.15) is 5.84 Å². The Bertz CT molecular complexity index is 1330. The first-order chi connectivity index (χ1) is 15.7. The van der Waals surface area contributed by atoms with E-state index in [2.05, 4.69) is 24.7 Å². The summed E-state index contributed by atoms with van der Waals surface area (Å²) in [5, 5.41) is 3.20. The molecule has 0 spiro atoms. The second kappa shape index (κ2) is 10.4. The number of benzene rings is 2. The van der Waals surface area contributed by atoms with Crippen LogP contribution < -0.4 is 14.8 Å². The molecule has 0 amide bonds. The molecule has 2 aromatic carbocycles. The Kier molecular flexibility index (Phi) is 7.80. The molecule has 176 valence electrons. The first kappa shape index (κ1) is 24.8. The van der Waals surface area contributed by atoms with Crippen LogP contribution in [0.3, 0.4) is 0 Å². The van der Waals surface area contributed by atoms with Gasteiger partial charge in [0.2, 0.25) is 20.0 Å². The lowest BCUT2D eigenvalue weighted by molar-refractivity contribution is 0.586. The lowest BCUT2D eigenvalue weighted by Crippen LogP contribution is -2.19. The van der Waals surface area contributed by atoms with Crippen molar-refractivity contribution in [3.05, 3.63) is 60.2 Å². The SMILES string of the molecule is CCC1=CC(=Nc2cccc(S(=O)(=O)NC)c2)CC(Nc2cccc(S(=O)(=O)NC)c2)=NC1. The fraction of sp³-hybridized carbons (Fsp3) is 0.273. The predicted octanol–water partition coefficient (Wildman–Crippen LogP) is 2.83. The minimum atomic E-state index is -3.58. The Morgan fingerprint density at radius 3 is 2.21 bits per heavy atom. The molecule has 9 nitrogen and oxygen atoms in total. The maximum Gasteiger partial charge on any atom is 0.240 e. The average Bonchev–Trinajstić information content (AvgIpc) is 3.00. The minimum Gasteiger partial charge on any atom is -0.344 e. The molecule has 0 aromatic heterocycles. The van der Waals surface area contributed by atoms with Gasteiger partial charge < -0.3 is 5.32 Å². The third kappa shape index (κ3) is 6.35. The van der Waals surface area contributed by atoms with Gasteiger partial charge in [-0.3, -0.25) is 9.98 Å². The molecular weight excluding hydrogens is 462 g/mol. The smallest absolute Gasteiger partial charge is 0.240 e. The van der Waals surface area contributed by atoms with Gasteiger partial charge in [-0.2, -0.15) is 0 Å². The summed E-state index contributed by atoms with van der Waals surface area (Å²) in [7, 11) is -4.42. The van der Waals surface area contributed by atoms with E-state index in [0.29, 0.717) is 35.9 Å². The van der Waals surface area contributed by atoms with Crippen LogP contribution >= 0.6 is 0 Å². The fourth-order valence-corrected chi connectivity index (χ4v) is 4.70. The molecule has 0 unspecified atom stereocenters. The van der Waals surface area contributed by atoms with Crippen molar-refractivity contribution in [1.29, 1.82) is 0 Å². The minimum absolute atomic E-state index is 0.134. The largest absolute Gasteiger partial charge is 0.344 e. The van der Waals surface area contributed by atoms with Crippen molar-refractivity contribution in [2.24, 2.45) is 9.98 Å². The van der Waals surface area contributed by atoms with Crippen LogP contribution in [-0.2, 0) is 20.0 Å². The average molecular weight is 490 g/mol. The maximum absolute atomic E-state index is 12.1. The van der Waals surface area contributed by atoms with Crippen LogP contribution in [0.5, 0.6) is 0 Å². The molecule has 0 atom stereocenters. The Hall–Kier alpha value is -2.86.